The largest absolute Gasteiger partial charge is 0.381 e. The van der Waals surface area contributed by atoms with Gasteiger partial charge < -0.3 is 10.1 Å². The van der Waals surface area contributed by atoms with Crippen molar-refractivity contribution in [2.45, 2.75) is 12.8 Å². The lowest BCUT2D eigenvalue weighted by Crippen LogP contribution is -2.22. The Kier molecular flexibility index (Phi) is 4.08. The highest BCUT2D eigenvalue weighted by Gasteiger charge is 2.24. The Labute approximate surface area is 121 Å². The highest BCUT2D eigenvalue weighted by atomic mass is 32.1. The van der Waals surface area contributed by atoms with Crippen LogP contribution in [0.25, 0.3) is 0 Å². The number of nitrogens with one attached hydrogen (secondary N) is 1. The highest BCUT2D eigenvalue weighted by Crippen LogP contribution is 2.20. The van der Waals surface area contributed by atoms with Crippen molar-refractivity contribution in [2.24, 2.45) is 5.92 Å². The van der Waals surface area contributed by atoms with Crippen molar-refractivity contribution in [2.75, 3.05) is 18.5 Å². The third kappa shape index (κ3) is 3.23. The first-order chi connectivity index (χ1) is 9.81. The van der Waals surface area contributed by atoms with Gasteiger partial charge in [0.05, 0.1) is 18.2 Å². The first kappa shape index (κ1) is 13.3. The van der Waals surface area contributed by atoms with Crippen molar-refractivity contribution in [3.63, 3.8) is 0 Å². The third-order valence-corrected chi connectivity index (χ3v) is 4.12. The molecule has 1 aliphatic heterocycles. The van der Waals surface area contributed by atoms with Crippen LogP contribution in [0.4, 0.5) is 5.13 Å². The molecule has 104 valence electrons. The number of hydrogen-bond donors (Lipinski definition) is 1. The van der Waals surface area contributed by atoms with Crippen LogP contribution in [0.3, 0.4) is 0 Å². The molecule has 0 bridgehead atoms. The number of thiazole rings is 1. The molecule has 0 aliphatic carbocycles. The standard InChI is InChI=1S/C15H16N2O2S/c18-14(12-6-7-19-9-12)17-15-16-13(10-20-15)8-11-4-2-1-3-5-11/h1-5,10,12H,6-9H2,(H,16,17,18)/t12-/m0/s1. The predicted octanol–water partition coefficient (Wildman–Crippen LogP) is 2.71. The van der Waals surface area contributed by atoms with Crippen LogP contribution in [0, 0.1) is 5.92 Å². The maximum Gasteiger partial charge on any atom is 0.231 e. The fourth-order valence-corrected chi connectivity index (χ4v) is 2.91. The van der Waals surface area contributed by atoms with Gasteiger partial charge in [-0.2, -0.15) is 0 Å². The third-order valence-electron chi connectivity index (χ3n) is 3.31. The van der Waals surface area contributed by atoms with E-state index in [-0.39, 0.29) is 11.8 Å². The fraction of sp³-hybridized carbons (Fsp3) is 0.333. The van der Waals surface area contributed by atoms with Crippen molar-refractivity contribution < 1.29 is 9.53 Å². The summed E-state index contributed by atoms with van der Waals surface area (Å²) in [6.07, 6.45) is 1.59. The molecule has 0 spiro atoms. The van der Waals surface area contributed by atoms with Crippen LogP contribution in [-0.4, -0.2) is 24.1 Å². The molecule has 0 saturated carbocycles. The average molecular weight is 288 g/mol. The number of hydrogen-bond acceptors (Lipinski definition) is 4. The number of nitrogens with zero attached hydrogens (tertiary/aromatic N) is 1. The smallest absolute Gasteiger partial charge is 0.231 e. The van der Waals surface area contributed by atoms with Gasteiger partial charge in [-0.25, -0.2) is 4.98 Å². The van der Waals surface area contributed by atoms with Crippen molar-refractivity contribution >= 4 is 22.4 Å². The molecule has 1 fully saturated rings. The topological polar surface area (TPSA) is 51.2 Å². The van der Waals surface area contributed by atoms with E-state index in [2.05, 4.69) is 22.4 Å². The molecule has 3 rings (SSSR count). The Morgan fingerprint density at radius 3 is 3.00 bits per heavy atom. The summed E-state index contributed by atoms with van der Waals surface area (Å²) < 4.78 is 5.22. The lowest BCUT2D eigenvalue weighted by molar-refractivity contribution is -0.119. The van der Waals surface area contributed by atoms with Crippen LogP contribution in [0.1, 0.15) is 17.7 Å². The molecule has 1 amide bonds. The van der Waals surface area contributed by atoms with Gasteiger partial charge in [0.15, 0.2) is 5.13 Å². The Balaban J connectivity index is 1.60. The molecule has 4 nitrogen and oxygen atoms in total. The van der Waals surface area contributed by atoms with Gasteiger partial charge in [0.25, 0.3) is 0 Å². The molecule has 0 radical (unpaired) electrons. The molecule has 5 heteroatoms. The number of carbonyl (C=O) groups is 1. The second-order valence-corrected chi connectivity index (χ2v) is 5.71. The van der Waals surface area contributed by atoms with Gasteiger partial charge >= 0.3 is 0 Å². The molecule has 1 aromatic carbocycles. The van der Waals surface area contributed by atoms with E-state index in [0.29, 0.717) is 18.3 Å². The summed E-state index contributed by atoms with van der Waals surface area (Å²) in [5.74, 6) is -0.0143. The van der Waals surface area contributed by atoms with Gasteiger partial charge in [0.2, 0.25) is 5.91 Å². The van der Waals surface area contributed by atoms with E-state index in [0.717, 1.165) is 18.5 Å². The molecule has 1 aliphatic rings. The fourth-order valence-electron chi connectivity index (χ4n) is 2.20. The molecule has 2 heterocycles. The Morgan fingerprint density at radius 1 is 1.40 bits per heavy atom. The molecule has 2 aromatic rings. The van der Waals surface area contributed by atoms with Gasteiger partial charge in [-0.15, -0.1) is 11.3 Å². The minimum Gasteiger partial charge on any atom is -0.381 e. The normalized spacial score (nSPS) is 18.1. The van der Waals surface area contributed by atoms with E-state index in [9.17, 15) is 4.79 Å². The summed E-state index contributed by atoms with van der Waals surface area (Å²) in [6.45, 7) is 1.20. The van der Waals surface area contributed by atoms with Gasteiger partial charge in [0.1, 0.15) is 0 Å². The van der Waals surface area contributed by atoms with E-state index in [4.69, 9.17) is 4.74 Å². The van der Waals surface area contributed by atoms with Crippen molar-refractivity contribution in [3.8, 4) is 0 Å². The number of ether oxygens (including phenoxy) is 1. The molecule has 1 N–H and O–H groups in total. The second kappa shape index (κ2) is 6.15. The van der Waals surface area contributed by atoms with E-state index in [1.807, 2.05) is 23.6 Å². The first-order valence-corrected chi connectivity index (χ1v) is 7.56. The van der Waals surface area contributed by atoms with Crippen molar-refractivity contribution in [1.29, 1.82) is 0 Å². The summed E-state index contributed by atoms with van der Waals surface area (Å²) >= 11 is 1.47. The van der Waals surface area contributed by atoms with Gasteiger partial charge in [-0.3, -0.25) is 4.79 Å². The van der Waals surface area contributed by atoms with Crippen LogP contribution >= 0.6 is 11.3 Å². The zero-order valence-corrected chi connectivity index (χ0v) is 11.9. The van der Waals surface area contributed by atoms with Crippen LogP contribution in [0.5, 0.6) is 0 Å². The van der Waals surface area contributed by atoms with E-state index >= 15 is 0 Å². The minimum atomic E-state index is -0.0310. The lowest BCUT2D eigenvalue weighted by Gasteiger charge is -2.06. The average Bonchev–Trinajstić information content (AvgIpc) is 3.11. The summed E-state index contributed by atoms with van der Waals surface area (Å²) in [6, 6.07) is 10.2. The summed E-state index contributed by atoms with van der Waals surface area (Å²) in [7, 11) is 0. The van der Waals surface area contributed by atoms with E-state index in [1.54, 1.807) is 0 Å². The Morgan fingerprint density at radius 2 is 2.25 bits per heavy atom. The van der Waals surface area contributed by atoms with Crippen LogP contribution < -0.4 is 5.32 Å². The molecule has 1 atom stereocenters. The zero-order chi connectivity index (χ0) is 13.8. The van der Waals surface area contributed by atoms with Gasteiger partial charge in [0, 0.05) is 18.4 Å². The molecule has 20 heavy (non-hydrogen) atoms. The summed E-state index contributed by atoms with van der Waals surface area (Å²) in [5.41, 5.74) is 2.21. The SMILES string of the molecule is O=C(Nc1nc(Cc2ccccc2)cs1)[C@H]1CCOC1. The quantitative estimate of drug-likeness (QED) is 0.941. The molecular weight excluding hydrogens is 272 g/mol. The number of carbonyl (C=O) groups excluding carboxylic acids is 1. The molecule has 1 saturated heterocycles. The van der Waals surface area contributed by atoms with Crippen LogP contribution in [-0.2, 0) is 16.0 Å². The van der Waals surface area contributed by atoms with Gasteiger partial charge in [-0.1, -0.05) is 30.3 Å². The van der Waals surface area contributed by atoms with E-state index in [1.165, 1.54) is 16.9 Å². The molecular formula is C15H16N2O2S. The Hall–Kier alpha value is -1.72. The zero-order valence-electron chi connectivity index (χ0n) is 11.0. The number of anilines is 1. The van der Waals surface area contributed by atoms with Crippen LogP contribution in [0.15, 0.2) is 35.7 Å². The Bertz CT molecular complexity index is 577. The maximum atomic E-state index is 12.0. The van der Waals surface area contributed by atoms with E-state index < -0.39 is 0 Å². The summed E-state index contributed by atoms with van der Waals surface area (Å²) in [4.78, 5) is 16.4. The molecule has 1 aromatic heterocycles. The van der Waals surface area contributed by atoms with Crippen LogP contribution in [0.2, 0.25) is 0 Å². The van der Waals surface area contributed by atoms with Crippen molar-refractivity contribution in [1.82, 2.24) is 4.98 Å². The number of amides is 1. The van der Waals surface area contributed by atoms with Crippen molar-refractivity contribution in [3.05, 3.63) is 47.0 Å². The summed E-state index contributed by atoms with van der Waals surface area (Å²) in [5, 5.41) is 5.55. The monoisotopic (exact) mass is 288 g/mol. The first-order valence-electron chi connectivity index (χ1n) is 6.68. The number of rotatable bonds is 4. The predicted molar refractivity (Wildman–Crippen MR) is 78.9 cm³/mol. The minimum absolute atomic E-state index is 0.0168. The number of aromatic nitrogens is 1. The number of benzene rings is 1. The van der Waals surface area contributed by atoms with Gasteiger partial charge in [-0.05, 0) is 12.0 Å². The second-order valence-electron chi connectivity index (χ2n) is 4.86. The lowest BCUT2D eigenvalue weighted by atomic mass is 10.1. The maximum absolute atomic E-state index is 12.0. The molecule has 0 unspecified atom stereocenters. The highest BCUT2D eigenvalue weighted by molar-refractivity contribution is 7.13.